The Bertz CT molecular complexity index is 285. The van der Waals surface area contributed by atoms with Gasteiger partial charge in [-0.3, -0.25) is 5.32 Å². The summed E-state index contributed by atoms with van der Waals surface area (Å²) in [4.78, 5) is 2.61. The van der Waals surface area contributed by atoms with Crippen LogP contribution in [-0.2, 0) is 0 Å². The lowest BCUT2D eigenvalue weighted by atomic mass is 10.3. The van der Waals surface area contributed by atoms with E-state index in [0.29, 0.717) is 12.6 Å². The molecule has 0 radical (unpaired) electrons. The number of rotatable bonds is 3. The van der Waals surface area contributed by atoms with E-state index in [1.54, 1.807) is 11.3 Å². The summed E-state index contributed by atoms with van der Waals surface area (Å²) in [5, 5.41) is 11.5. The molecule has 1 atom stereocenters. The monoisotopic (exact) mass is 180 g/mol. The van der Waals surface area contributed by atoms with Crippen LogP contribution in [0.5, 0.6) is 0 Å². The fourth-order valence-electron chi connectivity index (χ4n) is 0.985. The van der Waals surface area contributed by atoms with Gasteiger partial charge in [0.1, 0.15) is 0 Å². The lowest BCUT2D eigenvalue weighted by Crippen LogP contribution is -2.17. The first-order valence-electron chi connectivity index (χ1n) is 3.90. The maximum absolute atomic E-state index is 8.36. The predicted molar refractivity (Wildman–Crippen MR) is 51.1 cm³/mol. The molecular formula is C9H12N2S. The summed E-state index contributed by atoms with van der Waals surface area (Å²) < 4.78 is 0. The van der Waals surface area contributed by atoms with Crippen molar-refractivity contribution < 1.29 is 0 Å². The zero-order valence-electron chi connectivity index (χ0n) is 7.29. The van der Waals surface area contributed by atoms with E-state index in [4.69, 9.17) is 5.26 Å². The van der Waals surface area contributed by atoms with E-state index >= 15 is 0 Å². The van der Waals surface area contributed by atoms with E-state index in [-0.39, 0.29) is 0 Å². The molecule has 2 nitrogen and oxygen atoms in total. The van der Waals surface area contributed by atoms with Gasteiger partial charge in [0.2, 0.25) is 0 Å². The molecule has 3 heteroatoms. The van der Waals surface area contributed by atoms with Crippen molar-refractivity contribution >= 4 is 11.3 Å². The van der Waals surface area contributed by atoms with E-state index in [9.17, 15) is 0 Å². The van der Waals surface area contributed by atoms with Gasteiger partial charge in [0.15, 0.2) is 0 Å². The van der Waals surface area contributed by atoms with Crippen LogP contribution in [0.15, 0.2) is 12.1 Å². The zero-order valence-corrected chi connectivity index (χ0v) is 8.11. The second-order valence-electron chi connectivity index (χ2n) is 2.71. The van der Waals surface area contributed by atoms with E-state index < -0.39 is 0 Å². The summed E-state index contributed by atoms with van der Waals surface area (Å²) in [5.74, 6) is 0. The van der Waals surface area contributed by atoms with Crippen molar-refractivity contribution in [3.05, 3.63) is 21.9 Å². The number of hydrogen-bond donors (Lipinski definition) is 1. The number of aryl methyl sites for hydroxylation is 1. The van der Waals surface area contributed by atoms with Crippen LogP contribution < -0.4 is 5.32 Å². The molecule has 1 aromatic heterocycles. The minimum absolute atomic E-state index is 0.295. The second kappa shape index (κ2) is 4.24. The Morgan fingerprint density at radius 2 is 2.42 bits per heavy atom. The van der Waals surface area contributed by atoms with Gasteiger partial charge in [-0.25, -0.2) is 0 Å². The molecule has 0 bridgehead atoms. The minimum atomic E-state index is 0.295. The number of hydrogen-bond acceptors (Lipinski definition) is 3. The summed E-state index contributed by atoms with van der Waals surface area (Å²) in [5.41, 5.74) is 0. The molecule has 12 heavy (non-hydrogen) atoms. The van der Waals surface area contributed by atoms with E-state index in [0.717, 1.165) is 0 Å². The van der Waals surface area contributed by atoms with Gasteiger partial charge < -0.3 is 0 Å². The number of thiophene rings is 1. The Morgan fingerprint density at radius 3 is 2.92 bits per heavy atom. The van der Waals surface area contributed by atoms with Crippen LogP contribution in [0.4, 0.5) is 0 Å². The molecule has 0 aromatic carbocycles. The molecule has 1 N–H and O–H groups in total. The van der Waals surface area contributed by atoms with Crippen molar-refractivity contribution in [1.29, 1.82) is 5.26 Å². The topological polar surface area (TPSA) is 35.8 Å². The second-order valence-corrected chi connectivity index (χ2v) is 4.03. The van der Waals surface area contributed by atoms with Gasteiger partial charge >= 0.3 is 0 Å². The molecule has 1 heterocycles. The molecule has 1 unspecified atom stereocenters. The van der Waals surface area contributed by atoms with Gasteiger partial charge in [-0.1, -0.05) is 0 Å². The number of nitriles is 1. The Hall–Kier alpha value is -0.850. The number of nitrogens with one attached hydrogen (secondary N) is 1. The van der Waals surface area contributed by atoms with E-state index in [1.165, 1.54) is 9.75 Å². The summed E-state index contributed by atoms with van der Waals surface area (Å²) in [6, 6.07) is 6.57. The highest BCUT2D eigenvalue weighted by Gasteiger charge is 2.05. The Morgan fingerprint density at radius 1 is 1.67 bits per heavy atom. The van der Waals surface area contributed by atoms with Crippen LogP contribution in [-0.4, -0.2) is 6.54 Å². The first kappa shape index (κ1) is 9.24. The molecule has 0 saturated heterocycles. The lowest BCUT2D eigenvalue weighted by Gasteiger charge is -2.07. The van der Waals surface area contributed by atoms with Crippen LogP contribution in [0.3, 0.4) is 0 Å². The third-order valence-electron chi connectivity index (χ3n) is 1.68. The van der Waals surface area contributed by atoms with Crippen molar-refractivity contribution in [2.24, 2.45) is 0 Å². The Balaban J connectivity index is 2.54. The summed E-state index contributed by atoms with van der Waals surface area (Å²) in [6.07, 6.45) is 0. The van der Waals surface area contributed by atoms with E-state index in [2.05, 4.69) is 37.4 Å². The number of nitrogens with zero attached hydrogens (tertiary/aromatic N) is 1. The molecule has 0 fully saturated rings. The summed E-state index contributed by atoms with van der Waals surface area (Å²) in [6.45, 7) is 4.58. The molecule has 1 rings (SSSR count). The molecule has 0 spiro atoms. The van der Waals surface area contributed by atoms with Gasteiger partial charge in [-0.05, 0) is 26.0 Å². The van der Waals surface area contributed by atoms with Crippen molar-refractivity contribution in [3.8, 4) is 6.07 Å². The molecule has 1 aromatic rings. The largest absolute Gasteiger partial charge is 0.297 e. The first-order valence-corrected chi connectivity index (χ1v) is 4.72. The molecule has 0 aliphatic heterocycles. The minimum Gasteiger partial charge on any atom is -0.297 e. The maximum Gasteiger partial charge on any atom is 0.0845 e. The highest BCUT2D eigenvalue weighted by molar-refractivity contribution is 7.12. The third-order valence-corrected chi connectivity index (χ3v) is 2.86. The van der Waals surface area contributed by atoms with Crippen molar-refractivity contribution in [2.75, 3.05) is 6.54 Å². The van der Waals surface area contributed by atoms with Crippen LogP contribution in [0.25, 0.3) is 0 Å². The Kier molecular flexibility index (Phi) is 3.27. The van der Waals surface area contributed by atoms with Gasteiger partial charge in [-0.2, -0.15) is 5.26 Å². The average molecular weight is 180 g/mol. The summed E-state index contributed by atoms with van der Waals surface area (Å²) >= 11 is 1.77. The SMILES string of the molecule is Cc1ccc(C(C)NCC#N)s1. The van der Waals surface area contributed by atoms with Crippen LogP contribution in [0.2, 0.25) is 0 Å². The molecule has 0 saturated carbocycles. The van der Waals surface area contributed by atoms with Gasteiger partial charge in [0.05, 0.1) is 12.6 Å². The van der Waals surface area contributed by atoms with Crippen molar-refractivity contribution in [3.63, 3.8) is 0 Å². The van der Waals surface area contributed by atoms with Gasteiger partial charge in [0, 0.05) is 15.8 Å². The van der Waals surface area contributed by atoms with Crippen molar-refractivity contribution in [1.82, 2.24) is 5.32 Å². The maximum atomic E-state index is 8.36. The average Bonchev–Trinajstić information content (AvgIpc) is 2.47. The molecule has 0 aliphatic rings. The summed E-state index contributed by atoms with van der Waals surface area (Å²) in [7, 11) is 0. The lowest BCUT2D eigenvalue weighted by molar-refractivity contribution is 0.631. The standard InChI is InChI=1S/C9H12N2S/c1-7-3-4-9(12-7)8(2)11-6-5-10/h3-4,8,11H,6H2,1-2H3. The highest BCUT2D eigenvalue weighted by atomic mass is 32.1. The Labute approximate surface area is 76.8 Å². The third kappa shape index (κ3) is 2.33. The quantitative estimate of drug-likeness (QED) is 0.724. The van der Waals surface area contributed by atoms with Crippen molar-refractivity contribution in [2.45, 2.75) is 19.9 Å². The van der Waals surface area contributed by atoms with E-state index in [1.807, 2.05) is 0 Å². The zero-order chi connectivity index (χ0) is 8.97. The smallest absolute Gasteiger partial charge is 0.0845 e. The molecular weight excluding hydrogens is 168 g/mol. The fourth-order valence-corrected chi connectivity index (χ4v) is 1.89. The highest BCUT2D eigenvalue weighted by Crippen LogP contribution is 2.21. The van der Waals surface area contributed by atoms with Crippen LogP contribution in [0, 0.1) is 18.3 Å². The van der Waals surface area contributed by atoms with Gasteiger partial charge in [-0.15, -0.1) is 11.3 Å². The molecule has 0 aliphatic carbocycles. The predicted octanol–water partition coefficient (Wildman–Crippen LogP) is 2.23. The van der Waals surface area contributed by atoms with Crippen LogP contribution >= 0.6 is 11.3 Å². The first-order chi connectivity index (χ1) is 5.74. The molecule has 64 valence electrons. The normalized spacial score (nSPS) is 12.4. The van der Waals surface area contributed by atoms with Gasteiger partial charge in [0.25, 0.3) is 0 Å². The fraction of sp³-hybridized carbons (Fsp3) is 0.444. The van der Waals surface area contributed by atoms with Crippen LogP contribution in [0.1, 0.15) is 22.7 Å². The molecule has 0 amide bonds.